The smallest absolute Gasteiger partial charge is 0.294 e. The Morgan fingerprint density at radius 1 is 1.17 bits per heavy atom. The minimum atomic E-state index is -0.448. The minimum absolute atomic E-state index is 0.0773. The summed E-state index contributed by atoms with van der Waals surface area (Å²) in [5, 5.41) is 0.850. The molecule has 1 heterocycles. The van der Waals surface area contributed by atoms with Gasteiger partial charge in [-0.2, -0.15) is 0 Å². The number of hydrogen-bond acceptors (Lipinski definition) is 5. The van der Waals surface area contributed by atoms with Gasteiger partial charge in [0.15, 0.2) is 11.5 Å². The van der Waals surface area contributed by atoms with Crippen molar-refractivity contribution in [1.82, 2.24) is 4.90 Å². The molecule has 9 heteroatoms. The fraction of sp³-hybridized carbons (Fsp3) is 0.143. The molecule has 0 N–H and O–H groups in total. The summed E-state index contributed by atoms with van der Waals surface area (Å²) in [5.74, 6) is 2.53. The van der Waals surface area contributed by atoms with Crippen LogP contribution in [0.1, 0.15) is 11.1 Å². The summed E-state index contributed by atoms with van der Waals surface area (Å²) >= 11 is 19.3. The third-order valence-electron chi connectivity index (χ3n) is 4.06. The molecule has 2 aromatic rings. The number of terminal acetylenes is 1. The molecule has 154 valence electrons. The molecule has 2 amide bonds. The molecule has 1 aliphatic heterocycles. The van der Waals surface area contributed by atoms with Gasteiger partial charge >= 0.3 is 0 Å². The topological polar surface area (TPSA) is 55.8 Å². The van der Waals surface area contributed by atoms with E-state index < -0.39 is 11.1 Å². The standard InChI is InChI=1S/C21H14Cl3NO4S/c1-3-6-25-20(26)18(30-21(25)27)9-12-7-16(24)19(17(8-12)28-2)29-11-13-4-5-14(22)10-15(13)23/h1,4-5,7-10H,6,11H2,2H3. The second kappa shape index (κ2) is 9.67. The first-order chi connectivity index (χ1) is 14.3. The zero-order chi connectivity index (χ0) is 21.8. The Bertz CT molecular complexity index is 1090. The normalized spacial score (nSPS) is 14.9. The Balaban J connectivity index is 1.85. The van der Waals surface area contributed by atoms with Gasteiger partial charge < -0.3 is 9.47 Å². The first kappa shape index (κ1) is 22.4. The van der Waals surface area contributed by atoms with E-state index in [1.165, 1.54) is 7.11 Å². The van der Waals surface area contributed by atoms with Crippen LogP contribution < -0.4 is 9.47 Å². The first-order valence-electron chi connectivity index (χ1n) is 8.47. The summed E-state index contributed by atoms with van der Waals surface area (Å²) < 4.78 is 11.2. The highest BCUT2D eigenvalue weighted by Gasteiger charge is 2.34. The van der Waals surface area contributed by atoms with E-state index in [4.69, 9.17) is 50.7 Å². The van der Waals surface area contributed by atoms with E-state index in [1.54, 1.807) is 36.4 Å². The van der Waals surface area contributed by atoms with E-state index in [0.717, 1.165) is 22.2 Å². The highest BCUT2D eigenvalue weighted by Crippen LogP contribution is 2.39. The van der Waals surface area contributed by atoms with Crippen molar-refractivity contribution in [3.05, 3.63) is 61.4 Å². The summed E-state index contributed by atoms with van der Waals surface area (Å²) in [6.07, 6.45) is 6.76. The summed E-state index contributed by atoms with van der Waals surface area (Å²) in [6, 6.07) is 8.35. The van der Waals surface area contributed by atoms with Crippen LogP contribution in [0.5, 0.6) is 11.5 Å². The average molecular weight is 483 g/mol. The molecular weight excluding hydrogens is 469 g/mol. The Labute approximate surface area is 192 Å². The van der Waals surface area contributed by atoms with Gasteiger partial charge in [0.2, 0.25) is 0 Å². The lowest BCUT2D eigenvalue weighted by Gasteiger charge is -2.14. The number of benzene rings is 2. The van der Waals surface area contributed by atoms with Crippen LogP contribution in [0.25, 0.3) is 6.08 Å². The number of nitrogens with zero attached hydrogens (tertiary/aromatic N) is 1. The molecule has 0 aromatic heterocycles. The quantitative estimate of drug-likeness (QED) is 0.379. The lowest BCUT2D eigenvalue weighted by Crippen LogP contribution is -2.28. The van der Waals surface area contributed by atoms with Crippen molar-refractivity contribution in [2.45, 2.75) is 6.61 Å². The van der Waals surface area contributed by atoms with Crippen molar-refractivity contribution in [3.8, 4) is 23.8 Å². The molecule has 0 unspecified atom stereocenters. The number of carbonyl (C=O) groups is 2. The number of amides is 2. The van der Waals surface area contributed by atoms with Crippen LogP contribution >= 0.6 is 46.6 Å². The molecule has 2 aromatic carbocycles. The maximum absolute atomic E-state index is 12.3. The van der Waals surface area contributed by atoms with E-state index in [2.05, 4.69) is 5.92 Å². The monoisotopic (exact) mass is 481 g/mol. The molecule has 0 saturated carbocycles. The molecule has 0 spiro atoms. The number of halogens is 3. The zero-order valence-corrected chi connectivity index (χ0v) is 18.7. The number of methoxy groups -OCH3 is 1. The third kappa shape index (κ3) is 4.88. The highest BCUT2D eigenvalue weighted by molar-refractivity contribution is 8.18. The number of thioether (sulfide) groups is 1. The molecule has 5 nitrogen and oxygen atoms in total. The molecular formula is C21H14Cl3NO4S. The number of carbonyl (C=O) groups excluding carboxylic acids is 2. The Hall–Kier alpha value is -2.30. The van der Waals surface area contributed by atoms with Crippen molar-refractivity contribution in [1.29, 1.82) is 0 Å². The second-order valence-electron chi connectivity index (χ2n) is 6.03. The van der Waals surface area contributed by atoms with E-state index in [0.29, 0.717) is 27.1 Å². The summed E-state index contributed by atoms with van der Waals surface area (Å²) in [6.45, 7) is 0.0720. The number of imide groups is 1. The summed E-state index contributed by atoms with van der Waals surface area (Å²) in [4.78, 5) is 25.5. The van der Waals surface area contributed by atoms with Crippen molar-refractivity contribution in [3.63, 3.8) is 0 Å². The van der Waals surface area contributed by atoms with Gasteiger partial charge in [-0.15, -0.1) is 6.42 Å². The summed E-state index contributed by atoms with van der Waals surface area (Å²) in [5.41, 5.74) is 1.30. The van der Waals surface area contributed by atoms with Crippen LogP contribution in [-0.4, -0.2) is 29.7 Å². The van der Waals surface area contributed by atoms with E-state index in [-0.39, 0.29) is 23.1 Å². The SMILES string of the molecule is C#CCN1C(=O)SC(=Cc2cc(Cl)c(OCc3ccc(Cl)cc3Cl)c(OC)c2)C1=O. The molecule has 0 radical (unpaired) electrons. The van der Waals surface area contributed by atoms with Crippen molar-refractivity contribution < 1.29 is 19.1 Å². The van der Waals surface area contributed by atoms with Crippen LogP contribution in [0.15, 0.2) is 35.2 Å². The average Bonchev–Trinajstić information content (AvgIpc) is 2.95. The van der Waals surface area contributed by atoms with Crippen molar-refractivity contribution >= 4 is 63.8 Å². The van der Waals surface area contributed by atoms with E-state index in [9.17, 15) is 9.59 Å². The Morgan fingerprint density at radius 2 is 1.93 bits per heavy atom. The predicted molar refractivity (Wildman–Crippen MR) is 120 cm³/mol. The summed E-state index contributed by atoms with van der Waals surface area (Å²) in [7, 11) is 1.47. The molecule has 0 atom stereocenters. The number of rotatable bonds is 6. The van der Waals surface area contributed by atoms with E-state index in [1.807, 2.05) is 0 Å². The second-order valence-corrected chi connectivity index (χ2v) is 8.27. The van der Waals surface area contributed by atoms with Gasteiger partial charge in [-0.1, -0.05) is 46.8 Å². The third-order valence-corrected chi connectivity index (χ3v) is 5.83. The van der Waals surface area contributed by atoms with Gasteiger partial charge in [-0.25, -0.2) is 0 Å². The Kier molecular flexibility index (Phi) is 7.22. The minimum Gasteiger partial charge on any atom is -0.493 e. The molecule has 1 fully saturated rings. The molecule has 1 saturated heterocycles. The van der Waals surface area contributed by atoms with Gasteiger partial charge in [0.25, 0.3) is 11.1 Å². The van der Waals surface area contributed by atoms with Gasteiger partial charge in [-0.3, -0.25) is 14.5 Å². The van der Waals surface area contributed by atoms with Crippen LogP contribution in [0, 0.1) is 12.3 Å². The first-order valence-corrected chi connectivity index (χ1v) is 10.4. The molecule has 0 bridgehead atoms. The molecule has 1 aliphatic rings. The van der Waals surface area contributed by atoms with Gasteiger partial charge in [0.05, 0.1) is 23.6 Å². The van der Waals surface area contributed by atoms with Gasteiger partial charge in [-0.05, 0) is 47.7 Å². The van der Waals surface area contributed by atoms with Crippen LogP contribution in [0.4, 0.5) is 4.79 Å². The van der Waals surface area contributed by atoms with Crippen LogP contribution in [0.3, 0.4) is 0 Å². The predicted octanol–water partition coefficient (Wildman–Crippen LogP) is 5.90. The highest BCUT2D eigenvalue weighted by atomic mass is 35.5. The molecule has 0 aliphatic carbocycles. The fourth-order valence-corrected chi connectivity index (χ4v) is 4.21. The fourth-order valence-electron chi connectivity index (χ4n) is 2.63. The van der Waals surface area contributed by atoms with Crippen molar-refractivity contribution in [2.24, 2.45) is 0 Å². The number of ether oxygens (including phenoxy) is 2. The van der Waals surface area contributed by atoms with Gasteiger partial charge in [0.1, 0.15) is 6.61 Å². The molecule has 3 rings (SSSR count). The van der Waals surface area contributed by atoms with Gasteiger partial charge in [0, 0.05) is 15.6 Å². The maximum atomic E-state index is 12.3. The lowest BCUT2D eigenvalue weighted by atomic mass is 10.1. The molecule has 30 heavy (non-hydrogen) atoms. The van der Waals surface area contributed by atoms with Crippen LogP contribution in [0.2, 0.25) is 15.1 Å². The van der Waals surface area contributed by atoms with Crippen LogP contribution in [-0.2, 0) is 11.4 Å². The lowest BCUT2D eigenvalue weighted by molar-refractivity contribution is -0.122. The largest absolute Gasteiger partial charge is 0.493 e. The number of hydrogen-bond donors (Lipinski definition) is 0. The maximum Gasteiger partial charge on any atom is 0.294 e. The van der Waals surface area contributed by atoms with E-state index >= 15 is 0 Å². The zero-order valence-electron chi connectivity index (χ0n) is 15.6. The van der Waals surface area contributed by atoms with Crippen molar-refractivity contribution in [2.75, 3.05) is 13.7 Å². The Morgan fingerprint density at radius 3 is 2.60 bits per heavy atom.